The maximum absolute atomic E-state index is 10.7. The van der Waals surface area contributed by atoms with Crippen LogP contribution in [0.15, 0.2) is 0 Å². The molecule has 0 rings (SSSR count). The van der Waals surface area contributed by atoms with Crippen molar-refractivity contribution in [2.75, 3.05) is 0 Å². The zero-order valence-electron chi connectivity index (χ0n) is 8.09. The summed E-state index contributed by atoms with van der Waals surface area (Å²) >= 11 is 0. The van der Waals surface area contributed by atoms with Crippen LogP contribution in [0, 0.1) is 12.3 Å². The molecule has 0 aliphatic carbocycles. The lowest BCUT2D eigenvalue weighted by Gasteiger charge is -2.06. The van der Waals surface area contributed by atoms with Gasteiger partial charge in [-0.1, -0.05) is 6.92 Å². The first-order valence-corrected chi connectivity index (χ1v) is 4.34. The van der Waals surface area contributed by atoms with Gasteiger partial charge in [-0.25, -0.2) is 0 Å². The maximum Gasteiger partial charge on any atom is 0.130 e. The van der Waals surface area contributed by atoms with E-state index in [1.54, 1.807) is 13.8 Å². The number of carbonyl (C=O) groups is 2. The van der Waals surface area contributed by atoms with Crippen LogP contribution in [0.2, 0.25) is 0 Å². The topological polar surface area (TPSA) is 34.1 Å². The van der Waals surface area contributed by atoms with Crippen molar-refractivity contribution < 1.29 is 9.59 Å². The molecule has 2 nitrogen and oxygen atoms in total. The van der Waals surface area contributed by atoms with Crippen LogP contribution in [-0.2, 0) is 9.59 Å². The van der Waals surface area contributed by atoms with Gasteiger partial charge < -0.3 is 9.59 Å². The third-order valence-electron chi connectivity index (χ3n) is 1.67. The van der Waals surface area contributed by atoms with Crippen LogP contribution >= 0.6 is 0 Å². The highest BCUT2D eigenvalue weighted by molar-refractivity contribution is 5.76. The largest absolute Gasteiger partial charge is 0.300 e. The summed E-state index contributed by atoms with van der Waals surface area (Å²) in [5.74, 6) is 0.727. The van der Waals surface area contributed by atoms with Crippen molar-refractivity contribution >= 4 is 11.6 Å². The molecule has 69 valence electrons. The van der Waals surface area contributed by atoms with Gasteiger partial charge in [-0.05, 0) is 32.6 Å². The van der Waals surface area contributed by atoms with E-state index in [4.69, 9.17) is 0 Å². The number of Topliss-reactive ketones (excluding diaryl/α,β-unsaturated/α-hetero) is 2. The fraction of sp³-hybridized carbons (Fsp3) is 0.700. The highest BCUT2D eigenvalue weighted by Gasteiger charge is 2.05. The Balaban J connectivity index is 3.37. The summed E-state index contributed by atoms with van der Waals surface area (Å²) in [6, 6.07) is 0. The summed E-state index contributed by atoms with van der Waals surface area (Å²) in [6.45, 7) is 5.18. The number of carbonyl (C=O) groups excluding carboxylic acids is 2. The molecule has 0 spiro atoms. The molecule has 0 saturated heterocycles. The molecular formula is C10H17O2. The standard InChI is InChI=1S/C10H17O2/c1-8(7-10(3)12)5-4-6-9(2)11/h5,8H,4,6-7H2,1-3H3. The van der Waals surface area contributed by atoms with E-state index in [0.29, 0.717) is 18.8 Å². The van der Waals surface area contributed by atoms with Crippen LogP contribution < -0.4 is 0 Å². The SMILES string of the molecule is CC(=O)CC[CH]C(C)CC(C)=O. The first-order chi connectivity index (χ1) is 5.52. The summed E-state index contributed by atoms with van der Waals surface area (Å²) in [7, 11) is 0. The second-order valence-corrected chi connectivity index (χ2v) is 3.36. The molecule has 1 unspecified atom stereocenters. The average Bonchev–Trinajstić information content (AvgIpc) is 1.84. The minimum atomic E-state index is 0.210. The van der Waals surface area contributed by atoms with Crippen LogP contribution in [0.25, 0.3) is 0 Å². The first kappa shape index (κ1) is 11.3. The Morgan fingerprint density at radius 2 is 1.83 bits per heavy atom. The Morgan fingerprint density at radius 1 is 1.25 bits per heavy atom. The van der Waals surface area contributed by atoms with Crippen molar-refractivity contribution in [2.24, 2.45) is 5.92 Å². The summed E-state index contributed by atoms with van der Waals surface area (Å²) in [4.78, 5) is 21.2. The molecule has 0 saturated carbocycles. The highest BCUT2D eigenvalue weighted by atomic mass is 16.1. The summed E-state index contributed by atoms with van der Waals surface area (Å²) < 4.78 is 0. The Bertz CT molecular complexity index is 161. The van der Waals surface area contributed by atoms with Gasteiger partial charge in [-0.2, -0.15) is 0 Å². The zero-order chi connectivity index (χ0) is 9.56. The lowest BCUT2D eigenvalue weighted by Crippen LogP contribution is -2.03. The van der Waals surface area contributed by atoms with Crippen molar-refractivity contribution in [3.8, 4) is 0 Å². The molecule has 0 aliphatic heterocycles. The van der Waals surface area contributed by atoms with E-state index in [9.17, 15) is 9.59 Å². The molecule has 0 heterocycles. The number of hydrogen-bond donors (Lipinski definition) is 0. The minimum absolute atomic E-state index is 0.210. The zero-order valence-corrected chi connectivity index (χ0v) is 8.09. The molecule has 1 radical (unpaired) electrons. The van der Waals surface area contributed by atoms with Crippen LogP contribution in [0.3, 0.4) is 0 Å². The lowest BCUT2D eigenvalue weighted by atomic mass is 9.98. The minimum Gasteiger partial charge on any atom is -0.300 e. The van der Waals surface area contributed by atoms with E-state index < -0.39 is 0 Å². The predicted molar refractivity (Wildman–Crippen MR) is 48.7 cm³/mol. The smallest absolute Gasteiger partial charge is 0.130 e. The van der Waals surface area contributed by atoms with E-state index in [2.05, 4.69) is 0 Å². The van der Waals surface area contributed by atoms with Gasteiger partial charge in [-0.15, -0.1) is 0 Å². The number of hydrogen-bond acceptors (Lipinski definition) is 2. The summed E-state index contributed by atoms with van der Waals surface area (Å²) in [6.07, 6.45) is 4.03. The van der Waals surface area contributed by atoms with E-state index in [-0.39, 0.29) is 11.6 Å². The molecule has 0 aromatic heterocycles. The third-order valence-corrected chi connectivity index (χ3v) is 1.67. The van der Waals surface area contributed by atoms with E-state index in [0.717, 1.165) is 6.42 Å². The monoisotopic (exact) mass is 169 g/mol. The highest BCUT2D eigenvalue weighted by Crippen LogP contribution is 2.10. The molecule has 0 aromatic rings. The van der Waals surface area contributed by atoms with Crippen molar-refractivity contribution in [1.29, 1.82) is 0 Å². The fourth-order valence-electron chi connectivity index (χ4n) is 1.11. The molecule has 0 N–H and O–H groups in total. The molecule has 0 amide bonds. The lowest BCUT2D eigenvalue weighted by molar-refractivity contribution is -0.117. The van der Waals surface area contributed by atoms with Crippen molar-refractivity contribution in [1.82, 2.24) is 0 Å². The normalized spacial score (nSPS) is 12.6. The Morgan fingerprint density at radius 3 is 2.25 bits per heavy atom. The molecule has 1 atom stereocenters. The Hall–Kier alpha value is -0.660. The van der Waals surface area contributed by atoms with Crippen LogP contribution in [0.4, 0.5) is 0 Å². The van der Waals surface area contributed by atoms with Gasteiger partial charge in [0, 0.05) is 12.8 Å². The molecule has 0 fully saturated rings. The van der Waals surface area contributed by atoms with Crippen molar-refractivity contribution in [3.63, 3.8) is 0 Å². The molecule has 0 aromatic carbocycles. The first-order valence-electron chi connectivity index (χ1n) is 4.34. The van der Waals surface area contributed by atoms with Crippen LogP contribution in [0.5, 0.6) is 0 Å². The quantitative estimate of drug-likeness (QED) is 0.610. The van der Waals surface area contributed by atoms with Gasteiger partial charge in [0.25, 0.3) is 0 Å². The second kappa shape index (κ2) is 5.92. The predicted octanol–water partition coefficient (Wildman–Crippen LogP) is 2.18. The Kier molecular flexibility index (Phi) is 5.60. The summed E-state index contributed by atoms with van der Waals surface area (Å²) in [5, 5.41) is 0. The molecule has 2 heteroatoms. The van der Waals surface area contributed by atoms with E-state index in [1.807, 2.05) is 13.3 Å². The van der Waals surface area contributed by atoms with Gasteiger partial charge in [-0.3, -0.25) is 0 Å². The maximum atomic E-state index is 10.7. The van der Waals surface area contributed by atoms with Crippen LogP contribution in [-0.4, -0.2) is 11.6 Å². The molecular weight excluding hydrogens is 152 g/mol. The molecule has 0 aliphatic rings. The van der Waals surface area contributed by atoms with E-state index in [1.165, 1.54) is 0 Å². The molecule has 0 bridgehead atoms. The molecule has 12 heavy (non-hydrogen) atoms. The van der Waals surface area contributed by atoms with Gasteiger partial charge in [0.2, 0.25) is 0 Å². The fourth-order valence-corrected chi connectivity index (χ4v) is 1.11. The van der Waals surface area contributed by atoms with Gasteiger partial charge in [0.1, 0.15) is 11.6 Å². The number of rotatable bonds is 6. The van der Waals surface area contributed by atoms with E-state index >= 15 is 0 Å². The van der Waals surface area contributed by atoms with Gasteiger partial charge in [0.15, 0.2) is 0 Å². The Labute approximate surface area is 74.3 Å². The van der Waals surface area contributed by atoms with Crippen molar-refractivity contribution in [3.05, 3.63) is 6.42 Å². The third kappa shape index (κ3) is 7.45. The summed E-state index contributed by atoms with van der Waals surface area (Å²) in [5.41, 5.74) is 0. The second-order valence-electron chi connectivity index (χ2n) is 3.36. The van der Waals surface area contributed by atoms with Crippen LogP contribution in [0.1, 0.15) is 40.0 Å². The van der Waals surface area contributed by atoms with Crippen molar-refractivity contribution in [2.45, 2.75) is 40.0 Å². The van der Waals surface area contributed by atoms with Gasteiger partial charge >= 0.3 is 0 Å². The average molecular weight is 169 g/mol. The number of ketones is 2. The van der Waals surface area contributed by atoms with Gasteiger partial charge in [0.05, 0.1) is 0 Å².